The Bertz CT molecular complexity index is 384. The van der Waals surface area contributed by atoms with Crippen LogP contribution in [0.5, 0.6) is 0 Å². The van der Waals surface area contributed by atoms with Crippen LogP contribution in [0.15, 0.2) is 23.4 Å². The van der Waals surface area contributed by atoms with E-state index in [-0.39, 0.29) is 5.92 Å². The molecule has 0 saturated heterocycles. The first-order valence-electron chi connectivity index (χ1n) is 5.65. The molecule has 0 aliphatic carbocycles. The summed E-state index contributed by atoms with van der Waals surface area (Å²) in [4.78, 5) is 0. The van der Waals surface area contributed by atoms with Gasteiger partial charge in [0, 0.05) is 17.4 Å². The highest BCUT2D eigenvalue weighted by atomic mass is 32.2. The monoisotopic (exact) mass is 252 g/mol. The van der Waals surface area contributed by atoms with Crippen molar-refractivity contribution < 1.29 is 5.21 Å². The lowest BCUT2D eigenvalue weighted by Gasteiger charge is -2.09. The molecule has 0 aliphatic heterocycles. The third-order valence-corrected chi connectivity index (χ3v) is 3.81. The van der Waals surface area contributed by atoms with Crippen molar-refractivity contribution >= 4 is 17.6 Å². The summed E-state index contributed by atoms with van der Waals surface area (Å²) in [6.45, 7) is 6.18. The van der Waals surface area contributed by atoms with Crippen LogP contribution in [0.2, 0.25) is 0 Å². The number of hydrogen-bond acceptors (Lipinski definition) is 3. The van der Waals surface area contributed by atoms with Gasteiger partial charge in [0.25, 0.3) is 0 Å². The molecule has 1 atom stereocenters. The molecule has 0 saturated carbocycles. The molecule has 1 rings (SSSR count). The molecule has 1 unspecified atom stereocenters. The van der Waals surface area contributed by atoms with Crippen LogP contribution < -0.4 is 5.73 Å². The van der Waals surface area contributed by atoms with Gasteiger partial charge in [-0.25, -0.2) is 0 Å². The second-order valence-corrected chi connectivity index (χ2v) is 5.47. The SMILES string of the molecule is Cc1cc(C)cc(CSCC(C)C(N)=NO)c1. The van der Waals surface area contributed by atoms with Gasteiger partial charge in [-0.05, 0) is 19.4 Å². The molecule has 0 fully saturated rings. The van der Waals surface area contributed by atoms with Crippen LogP contribution in [0.1, 0.15) is 23.6 Å². The number of oxime groups is 1. The number of rotatable bonds is 5. The third-order valence-electron chi connectivity index (χ3n) is 2.54. The second kappa shape index (κ2) is 6.55. The molecule has 3 N–H and O–H groups in total. The van der Waals surface area contributed by atoms with Crippen molar-refractivity contribution in [3.05, 3.63) is 34.9 Å². The molecular formula is C13H20N2OS. The van der Waals surface area contributed by atoms with Gasteiger partial charge in [0.1, 0.15) is 5.84 Å². The van der Waals surface area contributed by atoms with E-state index in [2.05, 4.69) is 37.2 Å². The fourth-order valence-electron chi connectivity index (χ4n) is 1.69. The summed E-state index contributed by atoms with van der Waals surface area (Å²) >= 11 is 1.80. The summed E-state index contributed by atoms with van der Waals surface area (Å²) in [5, 5.41) is 11.6. The Kier molecular flexibility index (Phi) is 5.35. The maximum Gasteiger partial charge on any atom is 0.142 e. The normalized spacial score (nSPS) is 13.7. The summed E-state index contributed by atoms with van der Waals surface area (Å²) in [7, 11) is 0. The molecule has 94 valence electrons. The van der Waals surface area contributed by atoms with Gasteiger partial charge in [-0.2, -0.15) is 11.8 Å². The minimum atomic E-state index is 0.107. The van der Waals surface area contributed by atoms with Gasteiger partial charge in [-0.15, -0.1) is 0 Å². The largest absolute Gasteiger partial charge is 0.409 e. The summed E-state index contributed by atoms with van der Waals surface area (Å²) < 4.78 is 0. The van der Waals surface area contributed by atoms with E-state index in [0.717, 1.165) is 11.5 Å². The fourth-order valence-corrected chi connectivity index (χ4v) is 2.73. The Labute approximate surface area is 107 Å². The van der Waals surface area contributed by atoms with E-state index in [4.69, 9.17) is 10.9 Å². The van der Waals surface area contributed by atoms with Gasteiger partial charge in [-0.3, -0.25) is 0 Å². The van der Waals surface area contributed by atoms with Crippen molar-refractivity contribution in [3.8, 4) is 0 Å². The second-order valence-electron chi connectivity index (χ2n) is 4.44. The van der Waals surface area contributed by atoms with Crippen LogP contribution in [-0.4, -0.2) is 16.8 Å². The van der Waals surface area contributed by atoms with Crippen LogP contribution >= 0.6 is 11.8 Å². The zero-order valence-electron chi connectivity index (χ0n) is 10.6. The quantitative estimate of drug-likeness (QED) is 0.366. The van der Waals surface area contributed by atoms with Crippen LogP contribution in [0.4, 0.5) is 0 Å². The Morgan fingerprint density at radius 3 is 2.47 bits per heavy atom. The number of aryl methyl sites for hydroxylation is 2. The van der Waals surface area contributed by atoms with Gasteiger partial charge in [0.15, 0.2) is 0 Å². The lowest BCUT2D eigenvalue weighted by molar-refractivity contribution is 0.315. The van der Waals surface area contributed by atoms with E-state index in [0.29, 0.717) is 5.84 Å². The lowest BCUT2D eigenvalue weighted by atomic mass is 10.1. The average Bonchev–Trinajstić information content (AvgIpc) is 2.26. The molecule has 0 aliphatic rings. The molecule has 0 radical (unpaired) electrons. The topological polar surface area (TPSA) is 58.6 Å². The van der Waals surface area contributed by atoms with Gasteiger partial charge in [-0.1, -0.05) is 41.4 Å². The molecule has 0 bridgehead atoms. The van der Waals surface area contributed by atoms with Crippen LogP contribution in [0.25, 0.3) is 0 Å². The summed E-state index contributed by atoms with van der Waals surface area (Å²) in [6.07, 6.45) is 0. The van der Waals surface area contributed by atoms with E-state index in [9.17, 15) is 0 Å². The molecule has 1 aromatic rings. The molecule has 1 aromatic carbocycles. The van der Waals surface area contributed by atoms with Crippen molar-refractivity contribution in [1.82, 2.24) is 0 Å². The molecule has 0 heterocycles. The van der Waals surface area contributed by atoms with E-state index < -0.39 is 0 Å². The first-order chi connectivity index (χ1) is 8.02. The van der Waals surface area contributed by atoms with Gasteiger partial charge < -0.3 is 10.9 Å². The van der Waals surface area contributed by atoms with Gasteiger partial charge in [0.05, 0.1) is 0 Å². The predicted octanol–water partition coefficient (Wildman–Crippen LogP) is 2.92. The lowest BCUT2D eigenvalue weighted by Crippen LogP contribution is -2.23. The summed E-state index contributed by atoms with van der Waals surface area (Å²) in [5.41, 5.74) is 9.46. The molecule has 0 amide bonds. The molecule has 0 aromatic heterocycles. The Hall–Kier alpha value is -1.16. The number of amidine groups is 1. The number of hydrogen-bond donors (Lipinski definition) is 2. The zero-order chi connectivity index (χ0) is 12.8. The zero-order valence-corrected chi connectivity index (χ0v) is 11.4. The molecular weight excluding hydrogens is 232 g/mol. The van der Waals surface area contributed by atoms with E-state index in [1.807, 2.05) is 6.92 Å². The number of benzene rings is 1. The van der Waals surface area contributed by atoms with Crippen molar-refractivity contribution in [2.45, 2.75) is 26.5 Å². The molecule has 4 heteroatoms. The van der Waals surface area contributed by atoms with Crippen molar-refractivity contribution in [2.75, 3.05) is 5.75 Å². The van der Waals surface area contributed by atoms with E-state index in [1.54, 1.807) is 11.8 Å². The number of nitrogens with two attached hydrogens (primary N) is 1. The Morgan fingerprint density at radius 1 is 1.35 bits per heavy atom. The Balaban J connectivity index is 2.46. The maximum absolute atomic E-state index is 8.55. The van der Waals surface area contributed by atoms with Crippen molar-refractivity contribution in [3.63, 3.8) is 0 Å². The van der Waals surface area contributed by atoms with Gasteiger partial charge in [0.2, 0.25) is 0 Å². The van der Waals surface area contributed by atoms with E-state index in [1.165, 1.54) is 16.7 Å². The predicted molar refractivity (Wildman–Crippen MR) is 74.7 cm³/mol. The molecule has 17 heavy (non-hydrogen) atoms. The van der Waals surface area contributed by atoms with Crippen molar-refractivity contribution in [2.24, 2.45) is 16.8 Å². The highest BCUT2D eigenvalue weighted by Gasteiger charge is 2.07. The molecule has 3 nitrogen and oxygen atoms in total. The fraction of sp³-hybridized carbons (Fsp3) is 0.462. The first kappa shape index (κ1) is 13.9. The Morgan fingerprint density at radius 2 is 1.94 bits per heavy atom. The average molecular weight is 252 g/mol. The maximum atomic E-state index is 8.55. The van der Waals surface area contributed by atoms with Crippen LogP contribution in [-0.2, 0) is 5.75 Å². The number of thioether (sulfide) groups is 1. The highest BCUT2D eigenvalue weighted by molar-refractivity contribution is 7.98. The van der Waals surface area contributed by atoms with Crippen molar-refractivity contribution in [1.29, 1.82) is 0 Å². The van der Waals surface area contributed by atoms with Gasteiger partial charge >= 0.3 is 0 Å². The molecule has 0 spiro atoms. The van der Waals surface area contributed by atoms with Crippen LogP contribution in [0.3, 0.4) is 0 Å². The number of nitrogens with zero attached hydrogens (tertiary/aromatic N) is 1. The summed E-state index contributed by atoms with van der Waals surface area (Å²) in [5.74, 6) is 2.24. The minimum Gasteiger partial charge on any atom is -0.409 e. The van der Waals surface area contributed by atoms with E-state index >= 15 is 0 Å². The minimum absolute atomic E-state index is 0.107. The standard InChI is InChI=1S/C13H20N2OS/c1-9-4-10(2)6-12(5-9)8-17-7-11(3)13(14)15-16/h4-6,11,16H,7-8H2,1-3H3,(H2,14,15). The van der Waals surface area contributed by atoms with Crippen LogP contribution in [0, 0.1) is 19.8 Å². The first-order valence-corrected chi connectivity index (χ1v) is 6.80. The highest BCUT2D eigenvalue weighted by Crippen LogP contribution is 2.18. The summed E-state index contributed by atoms with van der Waals surface area (Å²) in [6, 6.07) is 6.58. The third kappa shape index (κ3) is 4.69. The smallest absolute Gasteiger partial charge is 0.142 e.